The number of nitrogens with one attached hydrogen (secondary N) is 2. The number of carbonyl (C=O) groups is 2. The maximum atomic E-state index is 11.4. The highest BCUT2D eigenvalue weighted by Gasteiger charge is 2.08. The second kappa shape index (κ2) is 5.47. The van der Waals surface area contributed by atoms with Crippen molar-refractivity contribution in [3.63, 3.8) is 0 Å². The molecule has 0 radical (unpaired) electrons. The van der Waals surface area contributed by atoms with Gasteiger partial charge in [-0.2, -0.15) is 8.42 Å². The molecule has 0 saturated heterocycles. The molecule has 0 aliphatic carbocycles. The number of amides is 1. The topological polar surface area (TPSA) is 139 Å². The standard InChI is InChI=1S/C9H11N3O5S/c10-18(16,17)12-7-3-1-6(2-4-7)9(15)11-5-8(13)14/h1-4,12H,5H2,(H,11,15)(H,13,14)(H2,10,16,17). The summed E-state index contributed by atoms with van der Waals surface area (Å²) in [5, 5.41) is 15.3. The first-order chi connectivity index (χ1) is 8.28. The average molecular weight is 273 g/mol. The van der Waals surface area contributed by atoms with E-state index < -0.39 is 28.6 Å². The molecule has 0 aliphatic heterocycles. The summed E-state index contributed by atoms with van der Waals surface area (Å²) in [4.78, 5) is 21.6. The molecule has 0 atom stereocenters. The number of hydrogen-bond acceptors (Lipinski definition) is 4. The highest BCUT2D eigenvalue weighted by Crippen LogP contribution is 2.10. The summed E-state index contributed by atoms with van der Waals surface area (Å²) in [6.07, 6.45) is 0. The van der Waals surface area contributed by atoms with E-state index in [1.807, 2.05) is 4.72 Å². The molecule has 0 aliphatic rings. The van der Waals surface area contributed by atoms with Crippen molar-refractivity contribution in [2.24, 2.45) is 5.14 Å². The molecule has 0 bridgehead atoms. The minimum Gasteiger partial charge on any atom is -0.480 e. The van der Waals surface area contributed by atoms with Crippen molar-refractivity contribution in [1.82, 2.24) is 5.32 Å². The zero-order valence-electron chi connectivity index (χ0n) is 9.08. The first-order valence-electron chi connectivity index (χ1n) is 4.68. The summed E-state index contributed by atoms with van der Waals surface area (Å²) in [5.74, 6) is -1.73. The van der Waals surface area contributed by atoms with Crippen molar-refractivity contribution < 1.29 is 23.1 Å². The molecule has 1 rings (SSSR count). The van der Waals surface area contributed by atoms with Gasteiger partial charge in [0.25, 0.3) is 16.1 Å². The first-order valence-corrected chi connectivity index (χ1v) is 6.23. The van der Waals surface area contributed by atoms with E-state index in [0.717, 1.165) is 0 Å². The Bertz CT molecular complexity index is 552. The van der Waals surface area contributed by atoms with Gasteiger partial charge in [-0.25, -0.2) is 5.14 Å². The number of rotatable bonds is 5. The van der Waals surface area contributed by atoms with Crippen LogP contribution in [0.3, 0.4) is 0 Å². The molecule has 0 heterocycles. The van der Waals surface area contributed by atoms with Gasteiger partial charge in [0, 0.05) is 11.3 Å². The zero-order chi connectivity index (χ0) is 13.8. The van der Waals surface area contributed by atoms with Gasteiger partial charge in [-0.15, -0.1) is 0 Å². The first kappa shape index (κ1) is 13.9. The third kappa shape index (κ3) is 4.80. The van der Waals surface area contributed by atoms with Gasteiger partial charge in [-0.1, -0.05) is 0 Å². The maximum absolute atomic E-state index is 11.4. The Labute approximate surface area is 103 Å². The van der Waals surface area contributed by atoms with Crippen LogP contribution in [-0.4, -0.2) is 31.9 Å². The molecule has 0 fully saturated rings. The lowest BCUT2D eigenvalue weighted by Crippen LogP contribution is -2.29. The van der Waals surface area contributed by atoms with Crippen LogP contribution in [0.2, 0.25) is 0 Å². The van der Waals surface area contributed by atoms with E-state index in [0.29, 0.717) is 0 Å². The zero-order valence-corrected chi connectivity index (χ0v) is 9.90. The molecule has 98 valence electrons. The van der Waals surface area contributed by atoms with Crippen LogP contribution in [0, 0.1) is 0 Å². The van der Waals surface area contributed by atoms with Gasteiger partial charge in [-0.3, -0.25) is 14.3 Å². The smallest absolute Gasteiger partial charge is 0.322 e. The van der Waals surface area contributed by atoms with Crippen LogP contribution in [0.4, 0.5) is 5.69 Å². The van der Waals surface area contributed by atoms with Crippen molar-refractivity contribution in [2.75, 3.05) is 11.3 Å². The predicted molar refractivity (Wildman–Crippen MR) is 63.1 cm³/mol. The SMILES string of the molecule is NS(=O)(=O)Nc1ccc(C(=O)NCC(=O)O)cc1. The molecule has 1 aromatic carbocycles. The number of anilines is 1. The lowest BCUT2D eigenvalue weighted by Gasteiger charge is -2.05. The number of benzene rings is 1. The van der Waals surface area contributed by atoms with E-state index in [9.17, 15) is 18.0 Å². The fourth-order valence-electron chi connectivity index (χ4n) is 1.11. The minimum absolute atomic E-state index is 0.201. The van der Waals surface area contributed by atoms with Crippen LogP contribution in [0.5, 0.6) is 0 Å². The van der Waals surface area contributed by atoms with E-state index in [1.165, 1.54) is 24.3 Å². The summed E-state index contributed by atoms with van der Waals surface area (Å²) in [5.41, 5.74) is 0.406. The number of carbonyl (C=O) groups excluding carboxylic acids is 1. The van der Waals surface area contributed by atoms with Crippen LogP contribution in [0.15, 0.2) is 24.3 Å². The molecule has 0 spiro atoms. The molecule has 18 heavy (non-hydrogen) atoms. The Morgan fingerprint density at radius 2 is 1.78 bits per heavy atom. The maximum Gasteiger partial charge on any atom is 0.322 e. The van der Waals surface area contributed by atoms with E-state index >= 15 is 0 Å². The summed E-state index contributed by atoms with van der Waals surface area (Å²) in [7, 11) is -3.86. The summed E-state index contributed by atoms with van der Waals surface area (Å²) >= 11 is 0. The minimum atomic E-state index is -3.86. The fourth-order valence-corrected chi connectivity index (χ4v) is 1.58. The summed E-state index contributed by atoms with van der Waals surface area (Å²) < 4.78 is 23.5. The van der Waals surface area contributed by atoms with Gasteiger partial charge < -0.3 is 10.4 Å². The molecule has 9 heteroatoms. The Hall–Kier alpha value is -2.13. The summed E-state index contributed by atoms with van der Waals surface area (Å²) in [6, 6.07) is 5.34. The molecule has 5 N–H and O–H groups in total. The van der Waals surface area contributed by atoms with Crippen LogP contribution in [0.1, 0.15) is 10.4 Å². The number of carboxylic acids is 1. The monoisotopic (exact) mass is 273 g/mol. The summed E-state index contributed by atoms with van der Waals surface area (Å²) in [6.45, 7) is -0.490. The molecule has 1 aromatic rings. The van der Waals surface area contributed by atoms with Crippen LogP contribution in [-0.2, 0) is 15.0 Å². The number of nitrogens with two attached hydrogens (primary N) is 1. The van der Waals surface area contributed by atoms with Gasteiger partial charge in [-0.05, 0) is 24.3 Å². The molecule has 0 unspecified atom stereocenters. The van der Waals surface area contributed by atoms with E-state index in [1.54, 1.807) is 0 Å². The van der Waals surface area contributed by atoms with Crippen LogP contribution >= 0.6 is 0 Å². The third-order valence-electron chi connectivity index (χ3n) is 1.81. The van der Waals surface area contributed by atoms with Gasteiger partial charge >= 0.3 is 5.97 Å². The largest absolute Gasteiger partial charge is 0.480 e. The van der Waals surface area contributed by atoms with Gasteiger partial charge in [0.2, 0.25) is 0 Å². The molecule has 1 amide bonds. The van der Waals surface area contributed by atoms with Crippen molar-refractivity contribution in [2.45, 2.75) is 0 Å². The Balaban J connectivity index is 2.71. The van der Waals surface area contributed by atoms with Gasteiger partial charge in [0.15, 0.2) is 0 Å². The predicted octanol–water partition coefficient (Wildman–Crippen LogP) is -0.884. The third-order valence-corrected chi connectivity index (χ3v) is 2.33. The quantitative estimate of drug-likeness (QED) is 0.551. The van der Waals surface area contributed by atoms with Crippen molar-refractivity contribution >= 4 is 27.8 Å². The Morgan fingerprint density at radius 1 is 1.22 bits per heavy atom. The molecular formula is C9H11N3O5S. The van der Waals surface area contributed by atoms with Crippen molar-refractivity contribution in [3.05, 3.63) is 29.8 Å². The van der Waals surface area contributed by atoms with Gasteiger partial charge in [0.05, 0.1) is 0 Å². The van der Waals surface area contributed by atoms with E-state index in [2.05, 4.69) is 5.32 Å². The highest BCUT2D eigenvalue weighted by molar-refractivity contribution is 7.90. The van der Waals surface area contributed by atoms with Crippen molar-refractivity contribution in [3.8, 4) is 0 Å². The normalized spacial score (nSPS) is 10.7. The van der Waals surface area contributed by atoms with Crippen molar-refractivity contribution in [1.29, 1.82) is 0 Å². The Kier molecular flexibility index (Phi) is 4.23. The molecular weight excluding hydrogens is 262 g/mol. The van der Waals surface area contributed by atoms with E-state index in [-0.39, 0.29) is 11.3 Å². The molecule has 0 saturated carbocycles. The molecule has 0 aromatic heterocycles. The van der Waals surface area contributed by atoms with Crippen LogP contribution in [0.25, 0.3) is 0 Å². The lowest BCUT2D eigenvalue weighted by molar-refractivity contribution is -0.135. The highest BCUT2D eigenvalue weighted by atomic mass is 32.2. The average Bonchev–Trinajstić information content (AvgIpc) is 2.24. The number of hydrogen-bond donors (Lipinski definition) is 4. The second-order valence-electron chi connectivity index (χ2n) is 3.30. The fraction of sp³-hybridized carbons (Fsp3) is 0.111. The second-order valence-corrected chi connectivity index (χ2v) is 4.59. The van der Waals surface area contributed by atoms with Gasteiger partial charge in [0.1, 0.15) is 6.54 Å². The lowest BCUT2D eigenvalue weighted by atomic mass is 10.2. The number of aliphatic carboxylic acids is 1. The Morgan fingerprint density at radius 3 is 2.22 bits per heavy atom. The van der Waals surface area contributed by atoms with E-state index in [4.69, 9.17) is 10.2 Å². The number of carboxylic acid groups (broad SMARTS) is 1. The van der Waals surface area contributed by atoms with Crippen LogP contribution < -0.4 is 15.2 Å². The molecule has 8 nitrogen and oxygen atoms in total.